The van der Waals surface area contributed by atoms with E-state index in [9.17, 15) is 8.42 Å². The van der Waals surface area contributed by atoms with Gasteiger partial charge in [0.15, 0.2) is 9.84 Å². The lowest BCUT2D eigenvalue weighted by Crippen LogP contribution is -2.02. The van der Waals surface area contributed by atoms with Crippen LogP contribution in [0.25, 0.3) is 34.3 Å². The van der Waals surface area contributed by atoms with Gasteiger partial charge in [-0.2, -0.15) is 0 Å². The van der Waals surface area contributed by atoms with Crippen LogP contribution in [0.15, 0.2) is 70.1 Å². The topological polar surface area (TPSA) is 98.8 Å². The van der Waals surface area contributed by atoms with Gasteiger partial charge in [0, 0.05) is 18.8 Å². The first-order chi connectivity index (χ1) is 13.4. The minimum Gasteiger partial charge on any atom is -0.415 e. The van der Waals surface area contributed by atoms with E-state index >= 15 is 0 Å². The molecule has 28 heavy (non-hydrogen) atoms. The average Bonchev–Trinajstić information content (AvgIpc) is 3.18. The maximum absolute atomic E-state index is 12.1. The van der Waals surface area contributed by atoms with Crippen molar-refractivity contribution >= 4 is 9.84 Å². The summed E-state index contributed by atoms with van der Waals surface area (Å²) in [6.45, 7) is 1.78. The molecule has 0 N–H and O–H groups in total. The fraction of sp³-hybridized carbons (Fsp3) is 0.100. The maximum Gasteiger partial charge on any atom is 0.268 e. The molecule has 0 radical (unpaired) electrons. The van der Waals surface area contributed by atoms with Gasteiger partial charge in [0.25, 0.3) is 5.89 Å². The van der Waals surface area contributed by atoms with Gasteiger partial charge in [-0.1, -0.05) is 36.4 Å². The normalized spacial score (nSPS) is 11.5. The third-order valence-corrected chi connectivity index (χ3v) is 5.32. The molecule has 0 atom stereocenters. The Morgan fingerprint density at radius 3 is 2.36 bits per heavy atom. The molecule has 142 valence electrons. The van der Waals surface area contributed by atoms with Crippen LogP contribution in [-0.4, -0.2) is 34.8 Å². The molecule has 0 fully saturated rings. The summed E-state index contributed by atoms with van der Waals surface area (Å²) in [6.07, 6.45) is 2.70. The fourth-order valence-corrected chi connectivity index (χ4v) is 3.70. The van der Waals surface area contributed by atoms with Crippen molar-refractivity contribution in [1.29, 1.82) is 0 Å². The summed E-state index contributed by atoms with van der Waals surface area (Å²) >= 11 is 0. The van der Waals surface area contributed by atoms with Gasteiger partial charge in [0.05, 0.1) is 22.5 Å². The van der Waals surface area contributed by atoms with Crippen molar-refractivity contribution in [2.45, 2.75) is 11.8 Å². The SMILES string of the molecule is Cc1ncc(-c2ccccc2S(C)(=O)=O)nc1-c1nnc(-c2ccccc2)o1.[HH]. The van der Waals surface area contributed by atoms with Crippen LogP contribution < -0.4 is 0 Å². The molecule has 7 nitrogen and oxygen atoms in total. The lowest BCUT2D eigenvalue weighted by molar-refractivity contribution is 0.581. The van der Waals surface area contributed by atoms with Crippen LogP contribution in [-0.2, 0) is 9.84 Å². The molecule has 0 saturated carbocycles. The van der Waals surface area contributed by atoms with Crippen LogP contribution in [0.4, 0.5) is 0 Å². The van der Waals surface area contributed by atoms with Crippen molar-refractivity contribution in [3.63, 3.8) is 0 Å². The number of rotatable bonds is 4. The van der Waals surface area contributed by atoms with E-state index in [1.165, 1.54) is 12.5 Å². The van der Waals surface area contributed by atoms with Crippen molar-refractivity contribution in [1.82, 2.24) is 20.2 Å². The molecular formula is C20H18N4O3S. The predicted molar refractivity (Wildman–Crippen MR) is 106 cm³/mol. The molecular weight excluding hydrogens is 376 g/mol. The molecule has 4 rings (SSSR count). The quantitative estimate of drug-likeness (QED) is 0.519. The minimum atomic E-state index is -3.42. The summed E-state index contributed by atoms with van der Waals surface area (Å²) in [6, 6.07) is 16.1. The van der Waals surface area contributed by atoms with Crippen molar-refractivity contribution in [2.75, 3.05) is 6.26 Å². The number of sulfone groups is 1. The Morgan fingerprint density at radius 1 is 0.929 bits per heavy atom. The Hall–Kier alpha value is -3.39. The lowest BCUT2D eigenvalue weighted by Gasteiger charge is -2.08. The van der Waals surface area contributed by atoms with Crippen LogP contribution in [0.1, 0.15) is 7.12 Å². The van der Waals surface area contributed by atoms with E-state index in [0.29, 0.717) is 28.5 Å². The van der Waals surface area contributed by atoms with Gasteiger partial charge in [-0.15, -0.1) is 10.2 Å². The third kappa shape index (κ3) is 3.41. The Kier molecular flexibility index (Phi) is 4.48. The van der Waals surface area contributed by atoms with Crippen LogP contribution in [0.3, 0.4) is 0 Å². The number of aromatic nitrogens is 4. The highest BCUT2D eigenvalue weighted by molar-refractivity contribution is 7.90. The standard InChI is InChI=1S/C20H16N4O3S.H2/c1-13-18(20-24-23-19(27-20)14-8-4-3-5-9-14)22-16(12-21-13)15-10-6-7-11-17(15)28(2,25)26;/h3-12H,1-2H3;1H. The van der Waals surface area contributed by atoms with E-state index in [2.05, 4.69) is 20.2 Å². The van der Waals surface area contributed by atoms with E-state index in [-0.39, 0.29) is 12.2 Å². The summed E-state index contributed by atoms with van der Waals surface area (Å²) in [7, 11) is -3.42. The summed E-state index contributed by atoms with van der Waals surface area (Å²) in [5.74, 6) is 0.598. The molecule has 0 unspecified atom stereocenters. The Morgan fingerprint density at radius 2 is 1.61 bits per heavy atom. The van der Waals surface area contributed by atoms with E-state index in [1.54, 1.807) is 31.2 Å². The molecule has 2 heterocycles. The van der Waals surface area contributed by atoms with Gasteiger partial charge in [-0.3, -0.25) is 4.98 Å². The minimum absolute atomic E-state index is 0. The molecule has 0 spiro atoms. The molecule has 0 aliphatic rings. The van der Waals surface area contributed by atoms with Crippen LogP contribution in [0.5, 0.6) is 0 Å². The fourth-order valence-electron chi connectivity index (χ4n) is 2.80. The summed E-state index contributed by atoms with van der Waals surface area (Å²) in [5.41, 5.74) is 2.70. The molecule has 2 aromatic carbocycles. The van der Waals surface area contributed by atoms with E-state index in [0.717, 1.165) is 5.56 Å². The second-order valence-corrected chi connectivity index (χ2v) is 8.22. The second-order valence-electron chi connectivity index (χ2n) is 6.24. The smallest absolute Gasteiger partial charge is 0.268 e. The number of nitrogens with zero attached hydrogens (tertiary/aromatic N) is 4. The molecule has 0 amide bonds. The van der Waals surface area contributed by atoms with E-state index in [1.807, 2.05) is 30.3 Å². The zero-order valence-electron chi connectivity index (χ0n) is 15.2. The third-order valence-electron chi connectivity index (χ3n) is 4.17. The molecule has 4 aromatic rings. The summed E-state index contributed by atoms with van der Waals surface area (Å²) < 4.78 is 30.0. The van der Waals surface area contributed by atoms with E-state index in [4.69, 9.17) is 4.42 Å². The second kappa shape index (κ2) is 6.97. The van der Waals surface area contributed by atoms with Crippen molar-refractivity contribution < 1.29 is 14.3 Å². The van der Waals surface area contributed by atoms with Gasteiger partial charge >= 0.3 is 0 Å². The first-order valence-corrected chi connectivity index (χ1v) is 10.3. The van der Waals surface area contributed by atoms with Gasteiger partial charge in [-0.05, 0) is 25.1 Å². The highest BCUT2D eigenvalue weighted by Gasteiger charge is 2.19. The van der Waals surface area contributed by atoms with Crippen molar-refractivity contribution in [3.05, 3.63) is 66.5 Å². The van der Waals surface area contributed by atoms with Gasteiger partial charge in [-0.25, -0.2) is 13.4 Å². The summed E-state index contributed by atoms with van der Waals surface area (Å²) in [4.78, 5) is 9.11. The summed E-state index contributed by atoms with van der Waals surface area (Å²) in [5, 5.41) is 8.18. The zero-order valence-corrected chi connectivity index (χ0v) is 16.0. The highest BCUT2D eigenvalue weighted by Crippen LogP contribution is 2.29. The molecule has 0 aliphatic heterocycles. The zero-order chi connectivity index (χ0) is 19.7. The average molecular weight is 394 g/mol. The number of aryl methyl sites for hydroxylation is 1. The van der Waals surface area contributed by atoms with E-state index < -0.39 is 9.84 Å². The van der Waals surface area contributed by atoms with Crippen LogP contribution in [0, 0.1) is 6.92 Å². The monoisotopic (exact) mass is 394 g/mol. The Bertz CT molecular complexity index is 1260. The number of hydrogen-bond acceptors (Lipinski definition) is 7. The molecule has 0 saturated heterocycles. The first kappa shape index (κ1) is 18.0. The molecule has 8 heteroatoms. The lowest BCUT2D eigenvalue weighted by atomic mass is 10.1. The number of benzene rings is 2. The van der Waals surface area contributed by atoms with Crippen molar-refractivity contribution in [2.24, 2.45) is 0 Å². The van der Waals surface area contributed by atoms with Crippen LogP contribution >= 0.6 is 0 Å². The molecule has 0 bridgehead atoms. The highest BCUT2D eigenvalue weighted by atomic mass is 32.2. The molecule has 2 aromatic heterocycles. The van der Waals surface area contributed by atoms with Crippen molar-refractivity contribution in [3.8, 4) is 34.3 Å². The Balaban J connectivity index is 0.00000240. The Labute approximate surface area is 163 Å². The largest absolute Gasteiger partial charge is 0.415 e. The number of hydrogen-bond donors (Lipinski definition) is 0. The van der Waals surface area contributed by atoms with Gasteiger partial charge in [0.1, 0.15) is 5.69 Å². The van der Waals surface area contributed by atoms with Gasteiger partial charge in [0.2, 0.25) is 5.89 Å². The maximum atomic E-state index is 12.1. The van der Waals surface area contributed by atoms with Gasteiger partial charge < -0.3 is 4.42 Å². The van der Waals surface area contributed by atoms with Crippen LogP contribution in [0.2, 0.25) is 0 Å². The first-order valence-electron chi connectivity index (χ1n) is 8.46. The molecule has 0 aliphatic carbocycles. The predicted octanol–water partition coefficient (Wildman–Crippen LogP) is 3.82.